The highest BCUT2D eigenvalue weighted by atomic mass is 19.1. The maximum absolute atomic E-state index is 17.2. The number of fused-ring (bicyclic) bond motifs is 5. The summed E-state index contributed by atoms with van der Waals surface area (Å²) in [6.07, 6.45) is 17.2. The van der Waals surface area contributed by atoms with Crippen LogP contribution in [0.15, 0.2) is 60.9 Å². The first kappa shape index (κ1) is 46.1. The van der Waals surface area contributed by atoms with Gasteiger partial charge in [0.05, 0.1) is 28.7 Å². The number of nitrogens with zero attached hydrogens (tertiary/aromatic N) is 8. The number of piperazine rings is 2. The van der Waals surface area contributed by atoms with Crippen LogP contribution < -0.4 is 25.2 Å². The number of hydrogen-bond acceptors (Lipinski definition) is 13. The number of aromatic nitrogens is 3. The number of pyridine rings is 1. The first-order valence-corrected chi connectivity index (χ1v) is 26.0. The number of carbonyl (C=O) groups excluding carboxylic acids is 3. The van der Waals surface area contributed by atoms with E-state index in [-0.39, 0.29) is 50.8 Å². The number of allylic oxidation sites excluding steroid dienone is 1. The molecule has 2 saturated carbocycles. The molecule has 73 heavy (non-hydrogen) atoms. The van der Waals surface area contributed by atoms with Gasteiger partial charge in [0.15, 0.2) is 5.82 Å². The summed E-state index contributed by atoms with van der Waals surface area (Å²) in [6, 6.07) is 11.5. The molecule has 0 radical (unpaired) electrons. The predicted octanol–water partition coefficient (Wildman–Crippen LogP) is 6.36. The van der Waals surface area contributed by atoms with Crippen molar-refractivity contribution in [1.29, 1.82) is 0 Å². The number of carbonyl (C=O) groups is 3. The van der Waals surface area contributed by atoms with Crippen LogP contribution in [-0.2, 0) is 4.79 Å². The Hall–Kier alpha value is -6.74. The Labute approximate surface area is 421 Å². The van der Waals surface area contributed by atoms with Gasteiger partial charge in [-0.15, -0.1) is 6.42 Å². The van der Waals surface area contributed by atoms with Crippen molar-refractivity contribution in [3.63, 3.8) is 0 Å². The zero-order valence-corrected chi connectivity index (χ0v) is 40.8. The summed E-state index contributed by atoms with van der Waals surface area (Å²) < 4.78 is 38.8. The number of benzene rings is 3. The number of nitrogens with one attached hydrogen (secondary N) is 2. The van der Waals surface area contributed by atoms with E-state index in [1.165, 1.54) is 49.9 Å². The summed E-state index contributed by atoms with van der Waals surface area (Å²) in [7, 11) is 0. The Morgan fingerprint density at radius 1 is 0.863 bits per heavy atom. The lowest BCUT2D eigenvalue weighted by molar-refractivity contribution is -0.125. The number of phenols is 1. The van der Waals surface area contributed by atoms with Crippen LogP contribution >= 0.6 is 0 Å². The van der Waals surface area contributed by atoms with E-state index in [0.717, 1.165) is 82.1 Å². The first-order valence-electron chi connectivity index (χ1n) is 26.0. The van der Waals surface area contributed by atoms with Crippen LogP contribution in [0.5, 0.6) is 11.8 Å². The number of imide groups is 1. The van der Waals surface area contributed by atoms with Gasteiger partial charge in [-0.3, -0.25) is 29.2 Å². The Balaban J connectivity index is 0.645. The molecule has 7 fully saturated rings. The SMILES string of the molecule is C#Cc1c(F)ccc2cc(O)cc(-c3ncc4c(N5CC6CCC(C5)N6)nc(OCC5(CN6CCC7(CC6)CC(N6CCN(c8ccc9c(c8)C(=O)N(C8CCC(=C)NC8=O)C9=O)CC6)C7)CC5)nc4c3F)c12. The molecular formula is C56H58F2N10O5. The molecule has 3 amide bonds. The Kier molecular flexibility index (Phi) is 11.0. The number of amides is 3. The maximum Gasteiger partial charge on any atom is 0.319 e. The van der Waals surface area contributed by atoms with E-state index in [0.29, 0.717) is 89.5 Å². The number of hydrogen-bond donors (Lipinski definition) is 3. The third-order valence-electron chi connectivity index (χ3n) is 17.6. The fourth-order valence-electron chi connectivity index (χ4n) is 13.3. The van der Waals surface area contributed by atoms with Crippen LogP contribution in [0.25, 0.3) is 32.9 Å². The van der Waals surface area contributed by atoms with Crippen molar-refractivity contribution in [2.24, 2.45) is 10.8 Å². The topological polar surface area (TPSA) is 160 Å². The smallest absolute Gasteiger partial charge is 0.319 e. The molecule has 17 heteroatoms. The Morgan fingerprint density at radius 2 is 1.62 bits per heavy atom. The third kappa shape index (κ3) is 8.04. The molecule has 3 aromatic carbocycles. The highest BCUT2D eigenvalue weighted by molar-refractivity contribution is 6.23. The zero-order valence-electron chi connectivity index (χ0n) is 40.8. The van der Waals surface area contributed by atoms with Crippen LogP contribution in [0, 0.1) is 34.8 Å². The van der Waals surface area contributed by atoms with Crippen molar-refractivity contribution in [3.05, 3.63) is 89.3 Å². The first-order chi connectivity index (χ1) is 35.3. The number of ether oxygens (including phenoxy) is 1. The molecule has 1 spiro atoms. The van der Waals surface area contributed by atoms with Crippen molar-refractivity contribution in [1.82, 2.24) is 40.3 Å². The van der Waals surface area contributed by atoms with Crippen molar-refractivity contribution in [2.45, 2.75) is 88.4 Å². The van der Waals surface area contributed by atoms with Gasteiger partial charge < -0.3 is 35.2 Å². The van der Waals surface area contributed by atoms with Gasteiger partial charge in [-0.2, -0.15) is 9.97 Å². The minimum absolute atomic E-state index is 0.0381. The predicted molar refractivity (Wildman–Crippen MR) is 271 cm³/mol. The Morgan fingerprint density at radius 3 is 2.34 bits per heavy atom. The summed E-state index contributed by atoms with van der Waals surface area (Å²) in [4.78, 5) is 64.6. The average molecular weight is 989 g/mol. The largest absolute Gasteiger partial charge is 0.508 e. The fourth-order valence-corrected chi connectivity index (χ4v) is 13.3. The van der Waals surface area contributed by atoms with Crippen LogP contribution in [0.1, 0.15) is 90.5 Å². The van der Waals surface area contributed by atoms with Gasteiger partial charge in [0.2, 0.25) is 5.91 Å². The highest BCUT2D eigenvalue weighted by Crippen LogP contribution is 2.53. The van der Waals surface area contributed by atoms with Crippen molar-refractivity contribution in [2.75, 3.05) is 75.3 Å². The Bertz CT molecular complexity index is 3190. The molecule has 8 heterocycles. The van der Waals surface area contributed by atoms with E-state index in [4.69, 9.17) is 21.1 Å². The monoisotopic (exact) mass is 988 g/mol. The second-order valence-electron chi connectivity index (χ2n) is 22.2. The molecule has 6 aliphatic heterocycles. The average Bonchev–Trinajstić information content (AvgIpc) is 4.00. The van der Waals surface area contributed by atoms with E-state index >= 15 is 8.78 Å². The third-order valence-corrected chi connectivity index (χ3v) is 17.6. The van der Waals surface area contributed by atoms with Crippen molar-refractivity contribution < 1.29 is 33.0 Å². The van der Waals surface area contributed by atoms with Crippen LogP contribution in [-0.4, -0.2) is 142 Å². The highest BCUT2D eigenvalue weighted by Gasteiger charge is 2.51. The molecule has 2 aromatic heterocycles. The molecule has 2 aliphatic carbocycles. The molecule has 3 unspecified atom stereocenters. The van der Waals surface area contributed by atoms with E-state index in [2.05, 4.69) is 47.7 Å². The van der Waals surface area contributed by atoms with Gasteiger partial charge in [-0.05, 0) is 124 Å². The lowest BCUT2D eigenvalue weighted by Crippen LogP contribution is -2.59. The van der Waals surface area contributed by atoms with Gasteiger partial charge in [-0.25, -0.2) is 8.78 Å². The number of terminal acetylenes is 1. The number of halogens is 2. The number of piperidine rings is 2. The summed E-state index contributed by atoms with van der Waals surface area (Å²) in [5.74, 6) is 0.324. The number of rotatable bonds is 10. The van der Waals surface area contributed by atoms with E-state index in [9.17, 15) is 19.5 Å². The molecule has 8 aliphatic rings. The van der Waals surface area contributed by atoms with E-state index in [1.54, 1.807) is 12.3 Å². The molecule has 15 nitrogen and oxygen atoms in total. The van der Waals surface area contributed by atoms with Crippen molar-refractivity contribution >= 4 is 50.9 Å². The summed E-state index contributed by atoms with van der Waals surface area (Å²) >= 11 is 0. The van der Waals surface area contributed by atoms with E-state index in [1.807, 2.05) is 12.1 Å². The molecule has 5 saturated heterocycles. The molecule has 3 N–H and O–H groups in total. The van der Waals surface area contributed by atoms with Gasteiger partial charge in [0.1, 0.15) is 34.6 Å². The van der Waals surface area contributed by atoms with E-state index < -0.39 is 29.5 Å². The van der Waals surface area contributed by atoms with Crippen LogP contribution in [0.3, 0.4) is 0 Å². The molecule has 376 valence electrons. The van der Waals surface area contributed by atoms with Gasteiger partial charge >= 0.3 is 6.01 Å². The van der Waals surface area contributed by atoms with Gasteiger partial charge in [-0.1, -0.05) is 18.6 Å². The molecule has 13 rings (SSSR count). The molecular weight excluding hydrogens is 931 g/mol. The number of phenolic OH excluding ortho intramolecular Hbond substituents is 1. The zero-order chi connectivity index (χ0) is 49.9. The minimum Gasteiger partial charge on any atom is -0.508 e. The van der Waals surface area contributed by atoms with Crippen LogP contribution in [0.2, 0.25) is 0 Å². The molecule has 3 atom stereocenters. The minimum atomic E-state index is -0.825. The normalized spacial score (nSPS) is 24.8. The summed E-state index contributed by atoms with van der Waals surface area (Å²) in [5, 5.41) is 18.3. The second kappa shape index (κ2) is 17.5. The maximum atomic E-state index is 17.2. The van der Waals surface area contributed by atoms with Gasteiger partial charge in [0.25, 0.3) is 11.8 Å². The standard InChI is InChI=1S/C56H58F2N10O5/c1-3-39-44(57)10-5-33-22-38(69)24-42(46(33)39)48-47(58)49-43(27-59-48)50(67-28-34-6-7-35(29-67)61-34)63-54(62-49)73-31-56(12-13-56)30-64-16-14-55(15-17-64)25-37(26-55)66-20-18-65(19-21-66)36-8-9-40-41(23-36)53(72)68(52(40)71)45-11-4-32(2)60-51(45)70/h1,5,8-10,22-24,27,34-35,37,45,61,69H,2,4,6-7,11-21,25-26,28-31H2,(H,60,70). The number of likely N-dealkylation sites (tertiary alicyclic amines) is 1. The summed E-state index contributed by atoms with van der Waals surface area (Å²) in [6.45, 7) is 12.2. The lowest BCUT2D eigenvalue weighted by Gasteiger charge is -2.56. The lowest BCUT2D eigenvalue weighted by atomic mass is 9.60. The van der Waals surface area contributed by atoms with Crippen molar-refractivity contribution in [3.8, 4) is 35.4 Å². The second-order valence-corrected chi connectivity index (χ2v) is 22.2. The quantitative estimate of drug-likeness (QED) is 0.105. The fraction of sp³-hybridized carbons (Fsp3) is 0.464. The van der Waals surface area contributed by atoms with Gasteiger partial charge in [0, 0.05) is 97.9 Å². The molecule has 5 aromatic rings. The number of anilines is 2. The molecule has 2 bridgehead atoms. The van der Waals surface area contributed by atoms with Crippen LogP contribution in [0.4, 0.5) is 20.3 Å². The summed E-state index contributed by atoms with van der Waals surface area (Å²) in [5.41, 5.74) is 2.65. The number of aromatic hydroxyl groups is 1.